The van der Waals surface area contributed by atoms with Gasteiger partial charge in [0.15, 0.2) is 5.78 Å². The molecule has 1 aliphatic heterocycles. The van der Waals surface area contributed by atoms with Gasteiger partial charge in [0, 0.05) is 25.2 Å². The molecular formula is C29H40N6O2. The van der Waals surface area contributed by atoms with Crippen LogP contribution in [-0.2, 0) is 13.1 Å². The molecule has 8 heteroatoms. The molecule has 2 N–H and O–H groups in total. The first-order valence-electron chi connectivity index (χ1n) is 13.0. The molecule has 0 aliphatic carbocycles. The molecule has 3 aromatic rings. The lowest BCUT2D eigenvalue weighted by Gasteiger charge is -2.29. The monoisotopic (exact) mass is 504 g/mol. The van der Waals surface area contributed by atoms with Crippen LogP contribution in [0.3, 0.4) is 0 Å². The molecule has 198 valence electrons. The fourth-order valence-corrected chi connectivity index (χ4v) is 4.42. The lowest BCUT2D eigenvalue weighted by atomic mass is 10.1. The van der Waals surface area contributed by atoms with Crippen molar-refractivity contribution >= 4 is 22.6 Å². The van der Waals surface area contributed by atoms with Crippen molar-refractivity contribution in [1.29, 1.82) is 5.26 Å². The molecule has 0 spiro atoms. The molecule has 0 unspecified atom stereocenters. The first-order valence-corrected chi connectivity index (χ1v) is 13.0. The molecule has 0 atom stereocenters. The topological polar surface area (TPSA) is 110 Å². The second kappa shape index (κ2) is 14.1. The molecule has 3 heterocycles. The number of carbonyl (C=O) groups is 1. The molecular weight excluding hydrogens is 464 g/mol. The number of hydrogen-bond donors (Lipinski definition) is 1. The number of nitriles is 1. The minimum atomic E-state index is -0.303. The Morgan fingerprint density at radius 1 is 1.16 bits per heavy atom. The summed E-state index contributed by atoms with van der Waals surface area (Å²) < 4.78 is 3.27. The zero-order valence-electron chi connectivity index (χ0n) is 23.0. The van der Waals surface area contributed by atoms with Crippen LogP contribution in [0, 0.1) is 18.3 Å². The molecule has 0 bridgehead atoms. The summed E-state index contributed by atoms with van der Waals surface area (Å²) in [6.07, 6.45) is 6.71. The van der Waals surface area contributed by atoms with Gasteiger partial charge < -0.3 is 15.2 Å². The molecule has 0 radical (unpaired) electrons. The third-order valence-electron chi connectivity index (χ3n) is 6.10. The normalized spacial score (nSPS) is 12.5. The number of hydrogen-bond acceptors (Lipinski definition) is 6. The fourth-order valence-electron chi connectivity index (χ4n) is 4.42. The van der Waals surface area contributed by atoms with Crippen LogP contribution in [0.5, 0.6) is 0 Å². The van der Waals surface area contributed by atoms with E-state index in [1.54, 1.807) is 6.07 Å². The van der Waals surface area contributed by atoms with Gasteiger partial charge in [0.1, 0.15) is 28.5 Å². The molecule has 2 aromatic heterocycles. The largest absolute Gasteiger partial charge is 0.357 e. The summed E-state index contributed by atoms with van der Waals surface area (Å²) in [7, 11) is 1.50. The number of aromatic nitrogens is 3. The van der Waals surface area contributed by atoms with E-state index in [1.807, 2.05) is 63.5 Å². The highest BCUT2D eigenvalue weighted by molar-refractivity contribution is 5.96. The molecule has 37 heavy (non-hydrogen) atoms. The number of ketones is 1. The highest BCUT2D eigenvalue weighted by atomic mass is 16.1. The number of nitrogens with two attached hydrogens (primary N) is 1. The van der Waals surface area contributed by atoms with E-state index in [0.717, 1.165) is 42.9 Å². The second-order valence-electron chi connectivity index (χ2n) is 8.92. The number of allylic oxidation sites excluding steroid dienone is 2. The lowest BCUT2D eigenvalue weighted by Crippen LogP contribution is -2.32. The van der Waals surface area contributed by atoms with E-state index >= 15 is 0 Å². The maximum absolute atomic E-state index is 13.6. The van der Waals surface area contributed by atoms with Crippen LogP contribution < -0.4 is 16.2 Å². The number of Topliss-reactive ketones (excluding diaryl/α,β-unsaturated/α-hetero) is 1. The minimum Gasteiger partial charge on any atom is -0.357 e. The van der Waals surface area contributed by atoms with Gasteiger partial charge in [-0.05, 0) is 53.1 Å². The Hall–Kier alpha value is -3.70. The van der Waals surface area contributed by atoms with Crippen LogP contribution >= 0.6 is 0 Å². The minimum absolute atomic E-state index is 0.0972. The molecule has 8 nitrogen and oxygen atoms in total. The maximum Gasteiger partial charge on any atom is 0.278 e. The molecule has 1 saturated heterocycles. The lowest BCUT2D eigenvalue weighted by molar-refractivity contribution is 0.0970. The predicted molar refractivity (Wildman–Crippen MR) is 151 cm³/mol. The number of benzene rings is 1. The van der Waals surface area contributed by atoms with Crippen LogP contribution in [-0.4, -0.2) is 40.0 Å². The van der Waals surface area contributed by atoms with Crippen LogP contribution in [0.25, 0.3) is 11.0 Å². The van der Waals surface area contributed by atoms with Gasteiger partial charge in [-0.2, -0.15) is 5.26 Å². The summed E-state index contributed by atoms with van der Waals surface area (Å²) in [5.41, 5.74) is 8.09. The van der Waals surface area contributed by atoms with Crippen LogP contribution in [0.2, 0.25) is 0 Å². The van der Waals surface area contributed by atoms with Crippen molar-refractivity contribution in [2.75, 3.05) is 25.0 Å². The smallest absolute Gasteiger partial charge is 0.278 e. The van der Waals surface area contributed by atoms with Crippen molar-refractivity contribution in [3.05, 3.63) is 69.3 Å². The van der Waals surface area contributed by atoms with Gasteiger partial charge in [0.25, 0.3) is 5.56 Å². The molecule has 1 aliphatic rings. The van der Waals surface area contributed by atoms with E-state index in [9.17, 15) is 14.9 Å². The predicted octanol–water partition coefficient (Wildman–Crippen LogP) is 4.82. The summed E-state index contributed by atoms with van der Waals surface area (Å²) in [6, 6.07) is 9.64. The van der Waals surface area contributed by atoms with E-state index in [4.69, 9.17) is 0 Å². The maximum atomic E-state index is 13.6. The van der Waals surface area contributed by atoms with Gasteiger partial charge in [0.2, 0.25) is 0 Å². The fraction of sp³-hybridized carbons (Fsp3) is 0.448. The third kappa shape index (κ3) is 6.75. The average Bonchev–Trinajstić information content (AvgIpc) is 3.25. The van der Waals surface area contributed by atoms with Crippen LogP contribution in [0.1, 0.15) is 68.4 Å². The summed E-state index contributed by atoms with van der Waals surface area (Å²) in [5, 5.41) is 10.0. The van der Waals surface area contributed by atoms with Crippen molar-refractivity contribution in [2.24, 2.45) is 5.73 Å². The van der Waals surface area contributed by atoms with Crippen molar-refractivity contribution in [3.63, 3.8) is 0 Å². The number of nitrogens with zero attached hydrogens (tertiary/aromatic N) is 5. The summed E-state index contributed by atoms with van der Waals surface area (Å²) in [5.74, 6) is 0.609. The molecule has 1 fully saturated rings. The van der Waals surface area contributed by atoms with E-state index in [-0.39, 0.29) is 17.9 Å². The van der Waals surface area contributed by atoms with Gasteiger partial charge in [-0.15, -0.1) is 0 Å². The van der Waals surface area contributed by atoms with E-state index in [2.05, 4.69) is 21.7 Å². The van der Waals surface area contributed by atoms with E-state index in [0.29, 0.717) is 28.7 Å². The highest BCUT2D eigenvalue weighted by Crippen LogP contribution is 2.31. The van der Waals surface area contributed by atoms with Crippen LogP contribution in [0.15, 0.2) is 47.0 Å². The summed E-state index contributed by atoms with van der Waals surface area (Å²) in [4.78, 5) is 33.2. The number of piperidine rings is 1. The first kappa shape index (κ1) is 29.5. The Morgan fingerprint density at radius 2 is 1.84 bits per heavy atom. The van der Waals surface area contributed by atoms with Gasteiger partial charge in [0.05, 0.1) is 12.9 Å². The summed E-state index contributed by atoms with van der Waals surface area (Å²) in [6.45, 7) is 12.0. The summed E-state index contributed by atoms with van der Waals surface area (Å²) >= 11 is 0. The Balaban J connectivity index is 0.00000115. The zero-order valence-corrected chi connectivity index (χ0v) is 23.0. The Bertz CT molecular complexity index is 1330. The zero-order chi connectivity index (χ0) is 27.5. The number of aryl methyl sites for hydroxylation is 1. The van der Waals surface area contributed by atoms with E-state index < -0.39 is 0 Å². The van der Waals surface area contributed by atoms with Gasteiger partial charge in [-0.3, -0.25) is 14.2 Å². The Labute approximate surface area is 220 Å². The SMILES string of the molecule is CC.CC(C)=CCn1c(N2CCCCC2)c(C#N)c2ncn(CC(=O)c3cccc(C)c3)c(=O)c21.CN. The van der Waals surface area contributed by atoms with Gasteiger partial charge in [-0.25, -0.2) is 4.98 Å². The van der Waals surface area contributed by atoms with Crippen molar-refractivity contribution < 1.29 is 4.79 Å². The molecule has 4 rings (SSSR count). The number of rotatable bonds is 6. The third-order valence-corrected chi connectivity index (χ3v) is 6.10. The number of carbonyl (C=O) groups excluding carboxylic acids is 1. The first-order chi connectivity index (χ1) is 17.9. The second-order valence-corrected chi connectivity index (χ2v) is 8.92. The van der Waals surface area contributed by atoms with Crippen molar-refractivity contribution in [3.8, 4) is 6.07 Å². The molecule has 0 amide bonds. The quantitative estimate of drug-likeness (QED) is 0.381. The van der Waals surface area contributed by atoms with E-state index in [1.165, 1.54) is 24.4 Å². The highest BCUT2D eigenvalue weighted by Gasteiger charge is 2.26. The van der Waals surface area contributed by atoms with Crippen LogP contribution in [0.4, 0.5) is 5.82 Å². The van der Waals surface area contributed by atoms with Gasteiger partial charge in [-0.1, -0.05) is 49.3 Å². The van der Waals surface area contributed by atoms with Crippen molar-refractivity contribution in [2.45, 2.75) is 67.0 Å². The Kier molecular flexibility index (Phi) is 11.3. The molecule has 1 aromatic carbocycles. The standard InChI is InChI=1S/C26H29N5O2.C2H6.CH5N/c1-18(2)10-13-31-24-23(21(15-27)25(31)29-11-5-4-6-12-29)28-17-30(26(24)33)16-22(32)20-9-7-8-19(3)14-20;2*1-2/h7-10,14,17H,4-6,11-13,16H2,1-3H3;1-2H3;2H2,1H3. The van der Waals surface area contributed by atoms with Crippen molar-refractivity contribution in [1.82, 2.24) is 14.1 Å². The average molecular weight is 505 g/mol. The number of anilines is 1. The molecule has 0 saturated carbocycles. The Morgan fingerprint density at radius 3 is 2.43 bits per heavy atom. The van der Waals surface area contributed by atoms with Gasteiger partial charge >= 0.3 is 0 Å². The number of fused-ring (bicyclic) bond motifs is 1.